The molecule has 0 bridgehead atoms. The van der Waals surface area contributed by atoms with Crippen LogP contribution in [-0.2, 0) is 14.8 Å². The number of benzene rings is 1. The molecule has 162 valence electrons. The molecule has 30 heavy (non-hydrogen) atoms. The average molecular weight is 471 g/mol. The monoisotopic (exact) mass is 470 g/mol. The summed E-state index contributed by atoms with van der Waals surface area (Å²) in [5, 5.41) is 8.85. The van der Waals surface area contributed by atoms with Crippen molar-refractivity contribution >= 4 is 50.1 Å². The van der Waals surface area contributed by atoms with Crippen molar-refractivity contribution in [2.45, 2.75) is 36.0 Å². The summed E-state index contributed by atoms with van der Waals surface area (Å²) in [6.07, 6.45) is 1.66. The predicted molar refractivity (Wildman–Crippen MR) is 116 cm³/mol. The van der Waals surface area contributed by atoms with Gasteiger partial charge in [0.25, 0.3) is 15.9 Å². The number of rotatable bonds is 7. The number of aliphatic imine (C=N–C) groups is 1. The highest BCUT2D eigenvalue weighted by molar-refractivity contribution is 8.01. The normalized spacial score (nSPS) is 16.7. The van der Waals surface area contributed by atoms with E-state index in [0.29, 0.717) is 18.2 Å². The second kappa shape index (κ2) is 8.92. The largest absolute Gasteiger partial charge is 0.475 e. The third kappa shape index (κ3) is 5.50. The van der Waals surface area contributed by atoms with Crippen molar-refractivity contribution in [3.8, 4) is 0 Å². The summed E-state index contributed by atoms with van der Waals surface area (Å²) in [4.78, 5) is 19.9. The zero-order valence-corrected chi connectivity index (χ0v) is 19.0. The van der Waals surface area contributed by atoms with Crippen molar-refractivity contribution in [3.63, 3.8) is 0 Å². The number of amides is 1. The maximum Gasteiger partial charge on any atom is 0.274 e. The fourth-order valence-electron chi connectivity index (χ4n) is 2.48. The van der Waals surface area contributed by atoms with Crippen LogP contribution >= 0.6 is 23.1 Å². The van der Waals surface area contributed by atoms with Crippen LogP contribution in [0.4, 0.5) is 5.13 Å². The van der Waals surface area contributed by atoms with E-state index in [-0.39, 0.29) is 27.1 Å². The molecule has 0 fully saturated rings. The van der Waals surface area contributed by atoms with Crippen molar-refractivity contribution < 1.29 is 23.2 Å². The predicted octanol–water partition coefficient (Wildman–Crippen LogP) is 3.00. The second-order valence-corrected chi connectivity index (χ2v) is 11.5. The van der Waals surface area contributed by atoms with Gasteiger partial charge < -0.3 is 4.74 Å². The van der Waals surface area contributed by atoms with Crippen molar-refractivity contribution in [2.75, 3.05) is 17.0 Å². The Morgan fingerprint density at radius 2 is 2.03 bits per heavy atom. The molecule has 0 spiro atoms. The number of hydrogen-bond donors (Lipinski definition) is 3. The summed E-state index contributed by atoms with van der Waals surface area (Å²) in [6.45, 7) is 6.98. The lowest BCUT2D eigenvalue weighted by atomic mass is 9.89. The van der Waals surface area contributed by atoms with E-state index >= 15 is 0 Å². The lowest BCUT2D eigenvalue weighted by molar-refractivity contribution is 0.0706. The molecule has 2 aromatic rings. The SMILES string of the molecule is CC(C)(C)C1CN=C(CSc2cnc(NS(=O)(=O)c3ccc(C(=O)NO)cc3)s2)O1. The number of sulfonamides is 1. The lowest BCUT2D eigenvalue weighted by Gasteiger charge is -2.25. The summed E-state index contributed by atoms with van der Waals surface area (Å²) in [5.74, 6) is 0.510. The Balaban J connectivity index is 1.58. The maximum absolute atomic E-state index is 12.5. The first kappa shape index (κ1) is 22.5. The number of carbonyl (C=O) groups excluding carboxylic acids is 1. The van der Waals surface area contributed by atoms with Crippen LogP contribution in [0.5, 0.6) is 0 Å². The zero-order chi connectivity index (χ0) is 21.9. The molecule has 1 aliphatic heterocycles. The Morgan fingerprint density at radius 3 is 2.63 bits per heavy atom. The van der Waals surface area contributed by atoms with E-state index in [0.717, 1.165) is 4.21 Å². The number of hydroxylamine groups is 1. The maximum atomic E-state index is 12.5. The van der Waals surface area contributed by atoms with E-state index in [1.165, 1.54) is 52.8 Å². The van der Waals surface area contributed by atoms with Gasteiger partial charge in [0.1, 0.15) is 6.10 Å². The van der Waals surface area contributed by atoms with Gasteiger partial charge in [-0.3, -0.25) is 19.7 Å². The van der Waals surface area contributed by atoms with Crippen LogP contribution in [0, 0.1) is 5.41 Å². The highest BCUT2D eigenvalue weighted by Gasteiger charge is 2.31. The smallest absolute Gasteiger partial charge is 0.274 e. The zero-order valence-electron chi connectivity index (χ0n) is 16.6. The van der Waals surface area contributed by atoms with Crippen LogP contribution in [0.2, 0.25) is 0 Å². The molecule has 3 rings (SSSR count). The second-order valence-electron chi connectivity index (χ2n) is 7.55. The Kier molecular flexibility index (Phi) is 6.70. The van der Waals surface area contributed by atoms with Crippen LogP contribution < -0.4 is 10.2 Å². The van der Waals surface area contributed by atoms with Gasteiger partial charge in [0.15, 0.2) is 11.0 Å². The molecule has 1 aliphatic rings. The van der Waals surface area contributed by atoms with Crippen molar-refractivity contribution in [3.05, 3.63) is 36.0 Å². The molecule has 0 aliphatic carbocycles. The number of hydrogen-bond acceptors (Lipinski definition) is 9. The summed E-state index contributed by atoms with van der Waals surface area (Å²) in [6, 6.07) is 5.15. The molecular weight excluding hydrogens is 448 g/mol. The van der Waals surface area contributed by atoms with Crippen molar-refractivity contribution in [1.29, 1.82) is 0 Å². The Morgan fingerprint density at radius 1 is 1.33 bits per heavy atom. The highest BCUT2D eigenvalue weighted by Crippen LogP contribution is 2.32. The summed E-state index contributed by atoms with van der Waals surface area (Å²) >= 11 is 2.69. The quantitative estimate of drug-likeness (QED) is 0.322. The molecule has 0 saturated heterocycles. The van der Waals surface area contributed by atoms with E-state index < -0.39 is 15.9 Å². The van der Waals surface area contributed by atoms with Gasteiger partial charge >= 0.3 is 0 Å². The minimum atomic E-state index is -3.86. The van der Waals surface area contributed by atoms with Gasteiger partial charge in [-0.1, -0.05) is 32.1 Å². The molecule has 1 aromatic heterocycles. The molecule has 9 nitrogen and oxygen atoms in total. The van der Waals surface area contributed by atoms with Crippen LogP contribution in [0.25, 0.3) is 0 Å². The van der Waals surface area contributed by atoms with Gasteiger partial charge in [-0.15, -0.1) is 11.8 Å². The number of carbonyl (C=O) groups is 1. The van der Waals surface area contributed by atoms with Crippen LogP contribution in [-0.4, -0.2) is 48.8 Å². The molecule has 12 heteroatoms. The molecular formula is C18H22N4O5S3. The van der Waals surface area contributed by atoms with Crippen LogP contribution in [0.1, 0.15) is 31.1 Å². The molecule has 1 unspecified atom stereocenters. The van der Waals surface area contributed by atoms with Gasteiger partial charge in [-0.05, 0) is 24.3 Å². The number of aromatic nitrogens is 1. The number of thioether (sulfide) groups is 1. The molecule has 1 aromatic carbocycles. The fraction of sp³-hybridized carbons (Fsp3) is 0.389. The summed E-state index contributed by atoms with van der Waals surface area (Å²) in [5.41, 5.74) is 1.65. The molecule has 0 radical (unpaired) electrons. The minimum absolute atomic E-state index is 0.0198. The Labute approximate surface area is 183 Å². The molecule has 1 amide bonds. The van der Waals surface area contributed by atoms with Crippen LogP contribution in [0.15, 0.2) is 44.6 Å². The molecule has 1 atom stereocenters. The topological polar surface area (TPSA) is 130 Å². The van der Waals surface area contributed by atoms with E-state index in [4.69, 9.17) is 9.94 Å². The van der Waals surface area contributed by atoms with E-state index in [9.17, 15) is 13.2 Å². The van der Waals surface area contributed by atoms with Gasteiger partial charge in [0, 0.05) is 11.0 Å². The lowest BCUT2D eigenvalue weighted by Crippen LogP contribution is -2.29. The number of nitrogens with one attached hydrogen (secondary N) is 2. The molecule has 2 heterocycles. The van der Waals surface area contributed by atoms with Crippen molar-refractivity contribution in [2.24, 2.45) is 10.4 Å². The first-order chi connectivity index (χ1) is 14.1. The first-order valence-electron chi connectivity index (χ1n) is 8.94. The highest BCUT2D eigenvalue weighted by atomic mass is 32.2. The Hall–Kier alpha value is -2.15. The van der Waals surface area contributed by atoms with E-state index in [1.54, 1.807) is 6.20 Å². The summed E-state index contributed by atoms with van der Waals surface area (Å²) < 4.78 is 34.2. The number of ether oxygens (including phenoxy) is 1. The van der Waals surface area contributed by atoms with Gasteiger partial charge in [-0.2, -0.15) is 0 Å². The van der Waals surface area contributed by atoms with Crippen molar-refractivity contribution in [1.82, 2.24) is 10.5 Å². The number of anilines is 1. The third-order valence-electron chi connectivity index (χ3n) is 4.25. The first-order valence-corrected chi connectivity index (χ1v) is 12.2. The van der Waals surface area contributed by atoms with Gasteiger partial charge in [0.05, 0.1) is 27.6 Å². The van der Waals surface area contributed by atoms with Gasteiger partial charge in [-0.25, -0.2) is 18.9 Å². The minimum Gasteiger partial charge on any atom is -0.475 e. The van der Waals surface area contributed by atoms with Crippen LogP contribution in [0.3, 0.4) is 0 Å². The number of thiazole rings is 1. The number of nitrogens with zero attached hydrogens (tertiary/aromatic N) is 2. The third-order valence-corrected chi connectivity index (χ3v) is 7.83. The Bertz CT molecular complexity index is 1040. The summed E-state index contributed by atoms with van der Waals surface area (Å²) in [7, 11) is -3.86. The standard InChI is InChI=1S/C18H22N4O5S3/c1-18(2,3)13-8-19-14(27-13)10-28-15-9-20-17(29-15)22-30(25,26)12-6-4-11(5-7-12)16(23)21-24/h4-7,9,13,24H,8,10H2,1-3H3,(H,20,22)(H,21,23). The van der Waals surface area contributed by atoms with E-state index in [1.807, 2.05) is 0 Å². The fourth-order valence-corrected chi connectivity index (χ4v) is 5.48. The molecule has 3 N–H and O–H groups in total. The molecule has 0 saturated carbocycles. The average Bonchev–Trinajstić information content (AvgIpc) is 3.34. The van der Waals surface area contributed by atoms with E-state index in [2.05, 4.69) is 35.5 Å². The van der Waals surface area contributed by atoms with Gasteiger partial charge in [0.2, 0.25) is 0 Å².